The maximum Gasteiger partial charge on any atom is 0.317 e. The zero-order valence-electron chi connectivity index (χ0n) is 11.5. The van der Waals surface area contributed by atoms with Crippen LogP contribution >= 0.6 is 0 Å². The molecule has 1 saturated carbocycles. The molecule has 1 fully saturated rings. The predicted octanol–water partition coefficient (Wildman–Crippen LogP) is 1.93. The third kappa shape index (κ3) is 4.20. The summed E-state index contributed by atoms with van der Waals surface area (Å²) in [6.07, 6.45) is 3.07. The van der Waals surface area contributed by atoms with E-state index in [1.165, 1.54) is 0 Å². The molecule has 2 amide bonds. The van der Waals surface area contributed by atoms with Gasteiger partial charge in [-0.05, 0) is 25.2 Å². The highest BCUT2D eigenvalue weighted by atomic mass is 16.4. The highest BCUT2D eigenvalue weighted by molar-refractivity contribution is 5.76. The van der Waals surface area contributed by atoms with Gasteiger partial charge in [0.25, 0.3) is 0 Å². The number of carboxylic acids is 1. The molecular weight excluding hydrogens is 232 g/mol. The Balaban J connectivity index is 2.44. The zero-order valence-corrected chi connectivity index (χ0v) is 11.5. The first-order valence-electron chi connectivity index (χ1n) is 6.74. The van der Waals surface area contributed by atoms with Gasteiger partial charge in [-0.25, -0.2) is 4.79 Å². The van der Waals surface area contributed by atoms with Crippen molar-refractivity contribution in [1.29, 1.82) is 0 Å². The first kappa shape index (κ1) is 14.8. The number of urea groups is 1. The third-order valence-corrected chi connectivity index (χ3v) is 3.31. The van der Waals surface area contributed by atoms with Crippen molar-refractivity contribution in [1.82, 2.24) is 10.2 Å². The lowest BCUT2D eigenvalue weighted by Crippen LogP contribution is -2.45. The number of rotatable bonds is 7. The zero-order chi connectivity index (χ0) is 13.7. The van der Waals surface area contributed by atoms with E-state index in [0.717, 1.165) is 25.8 Å². The van der Waals surface area contributed by atoms with E-state index in [-0.39, 0.29) is 18.5 Å². The molecule has 5 heteroatoms. The normalized spacial score (nSPS) is 16.4. The summed E-state index contributed by atoms with van der Waals surface area (Å²) in [5.41, 5.74) is 0. The summed E-state index contributed by atoms with van der Waals surface area (Å²) >= 11 is 0. The number of carboxylic acid groups (broad SMARTS) is 1. The van der Waals surface area contributed by atoms with Gasteiger partial charge in [0.2, 0.25) is 0 Å². The van der Waals surface area contributed by atoms with E-state index in [1.807, 2.05) is 25.7 Å². The molecule has 18 heavy (non-hydrogen) atoms. The van der Waals surface area contributed by atoms with Crippen molar-refractivity contribution < 1.29 is 14.7 Å². The Kier molecular flexibility index (Phi) is 5.44. The van der Waals surface area contributed by atoms with Gasteiger partial charge < -0.3 is 15.3 Å². The molecule has 1 aliphatic rings. The molecule has 1 aliphatic carbocycles. The minimum Gasteiger partial charge on any atom is -0.481 e. The minimum atomic E-state index is -0.848. The summed E-state index contributed by atoms with van der Waals surface area (Å²) in [4.78, 5) is 24.8. The van der Waals surface area contributed by atoms with E-state index >= 15 is 0 Å². The molecule has 1 atom stereocenters. The molecule has 1 unspecified atom stereocenters. The van der Waals surface area contributed by atoms with Crippen molar-refractivity contribution in [3.8, 4) is 0 Å². The van der Waals surface area contributed by atoms with Crippen LogP contribution in [0.5, 0.6) is 0 Å². The molecule has 0 bridgehead atoms. The number of hydrogen-bond acceptors (Lipinski definition) is 2. The van der Waals surface area contributed by atoms with E-state index in [2.05, 4.69) is 5.32 Å². The Bertz CT molecular complexity index is 301. The van der Waals surface area contributed by atoms with Crippen LogP contribution in [0.1, 0.15) is 40.0 Å². The molecule has 2 N–H and O–H groups in total. The van der Waals surface area contributed by atoms with E-state index in [0.29, 0.717) is 6.04 Å². The Morgan fingerprint density at radius 2 is 2.00 bits per heavy atom. The molecule has 0 heterocycles. The van der Waals surface area contributed by atoms with E-state index in [9.17, 15) is 9.59 Å². The summed E-state index contributed by atoms with van der Waals surface area (Å²) in [7, 11) is 0. The first-order chi connectivity index (χ1) is 8.47. The highest BCUT2D eigenvalue weighted by Crippen LogP contribution is 2.26. The lowest BCUT2D eigenvalue weighted by atomic mass is 9.96. The van der Waals surface area contributed by atoms with E-state index in [4.69, 9.17) is 5.11 Å². The van der Waals surface area contributed by atoms with Crippen LogP contribution in [0.3, 0.4) is 0 Å². The monoisotopic (exact) mass is 256 g/mol. The van der Waals surface area contributed by atoms with Gasteiger partial charge in [-0.2, -0.15) is 0 Å². The number of carbonyl (C=O) groups excluding carboxylic acids is 1. The largest absolute Gasteiger partial charge is 0.481 e. The smallest absolute Gasteiger partial charge is 0.317 e. The number of carbonyl (C=O) groups is 2. The van der Waals surface area contributed by atoms with Crippen LogP contribution in [0.25, 0.3) is 0 Å². The number of hydrogen-bond donors (Lipinski definition) is 2. The Labute approximate surface area is 109 Å². The number of amides is 2. The fraction of sp³-hybridized carbons (Fsp3) is 0.846. The second-order valence-corrected chi connectivity index (χ2v) is 5.30. The lowest BCUT2D eigenvalue weighted by molar-refractivity contribution is -0.142. The van der Waals surface area contributed by atoms with Crippen LogP contribution in [0.2, 0.25) is 0 Å². The van der Waals surface area contributed by atoms with Crippen LogP contribution in [0, 0.1) is 11.8 Å². The molecule has 0 saturated heterocycles. The first-order valence-corrected chi connectivity index (χ1v) is 6.74. The summed E-state index contributed by atoms with van der Waals surface area (Å²) in [6.45, 7) is 6.71. The molecule has 0 aromatic carbocycles. The average Bonchev–Trinajstić information content (AvgIpc) is 3.08. The molecule has 5 nitrogen and oxygen atoms in total. The Morgan fingerprint density at radius 3 is 2.39 bits per heavy atom. The van der Waals surface area contributed by atoms with Crippen LogP contribution in [0.15, 0.2) is 0 Å². The molecule has 1 rings (SSSR count). The number of nitrogens with zero attached hydrogens (tertiary/aromatic N) is 1. The van der Waals surface area contributed by atoms with Crippen molar-refractivity contribution in [2.24, 2.45) is 11.8 Å². The number of aliphatic carboxylic acids is 1. The van der Waals surface area contributed by atoms with Crippen LogP contribution in [0.4, 0.5) is 4.79 Å². The minimum absolute atomic E-state index is 0.0170. The van der Waals surface area contributed by atoms with Crippen molar-refractivity contribution in [2.75, 3.05) is 13.1 Å². The van der Waals surface area contributed by atoms with Crippen LogP contribution in [-0.4, -0.2) is 41.1 Å². The molecule has 0 spiro atoms. The van der Waals surface area contributed by atoms with E-state index < -0.39 is 11.9 Å². The Morgan fingerprint density at radius 1 is 1.39 bits per heavy atom. The fourth-order valence-corrected chi connectivity index (χ4v) is 1.98. The van der Waals surface area contributed by atoms with Crippen LogP contribution < -0.4 is 5.32 Å². The predicted molar refractivity (Wildman–Crippen MR) is 69.4 cm³/mol. The quantitative estimate of drug-likeness (QED) is 0.731. The maximum absolute atomic E-state index is 12.0. The molecular formula is C13H24N2O3. The standard InChI is InChI=1S/C13H24N2O3/c1-4-7-15(10-5-6-10)13(18)14-8-11(9(2)3)12(16)17/h9-11H,4-8H2,1-3H3,(H,14,18)(H,16,17). The molecule has 0 aromatic heterocycles. The van der Waals surface area contributed by atoms with Crippen molar-refractivity contribution in [3.63, 3.8) is 0 Å². The van der Waals surface area contributed by atoms with Crippen LogP contribution in [-0.2, 0) is 4.79 Å². The Hall–Kier alpha value is -1.26. The van der Waals surface area contributed by atoms with Gasteiger partial charge in [0.1, 0.15) is 0 Å². The van der Waals surface area contributed by atoms with Gasteiger partial charge in [0, 0.05) is 19.1 Å². The van der Waals surface area contributed by atoms with Crippen molar-refractivity contribution in [2.45, 2.75) is 46.1 Å². The fourth-order valence-electron chi connectivity index (χ4n) is 1.98. The summed E-state index contributed by atoms with van der Waals surface area (Å²) in [5, 5.41) is 11.8. The molecule has 0 radical (unpaired) electrons. The van der Waals surface area contributed by atoms with E-state index in [1.54, 1.807) is 0 Å². The van der Waals surface area contributed by atoms with Gasteiger partial charge in [0.05, 0.1) is 5.92 Å². The second kappa shape index (κ2) is 6.61. The highest BCUT2D eigenvalue weighted by Gasteiger charge is 2.32. The van der Waals surface area contributed by atoms with Gasteiger partial charge >= 0.3 is 12.0 Å². The number of nitrogens with one attached hydrogen (secondary N) is 1. The van der Waals surface area contributed by atoms with Gasteiger partial charge in [-0.1, -0.05) is 20.8 Å². The van der Waals surface area contributed by atoms with Gasteiger partial charge in [-0.15, -0.1) is 0 Å². The van der Waals surface area contributed by atoms with Gasteiger partial charge in [-0.3, -0.25) is 4.79 Å². The molecule has 0 aromatic rings. The lowest BCUT2D eigenvalue weighted by Gasteiger charge is -2.24. The maximum atomic E-state index is 12.0. The molecule has 0 aliphatic heterocycles. The van der Waals surface area contributed by atoms with Crippen molar-refractivity contribution >= 4 is 12.0 Å². The SMILES string of the molecule is CCCN(C(=O)NCC(C(=O)O)C(C)C)C1CC1. The average molecular weight is 256 g/mol. The summed E-state index contributed by atoms with van der Waals surface area (Å²) in [6, 6.07) is 0.249. The topological polar surface area (TPSA) is 69.6 Å². The van der Waals surface area contributed by atoms with Gasteiger partial charge in [0.15, 0.2) is 0 Å². The second-order valence-electron chi connectivity index (χ2n) is 5.30. The third-order valence-electron chi connectivity index (χ3n) is 3.31. The summed E-state index contributed by atoms with van der Waals surface area (Å²) in [5.74, 6) is -1.35. The molecule has 104 valence electrons. The van der Waals surface area contributed by atoms with Crippen molar-refractivity contribution in [3.05, 3.63) is 0 Å². The summed E-state index contributed by atoms with van der Waals surface area (Å²) < 4.78 is 0.